The summed E-state index contributed by atoms with van der Waals surface area (Å²) in [5.41, 5.74) is 2.39. The zero-order valence-electron chi connectivity index (χ0n) is 18.7. The van der Waals surface area contributed by atoms with Crippen LogP contribution < -0.4 is 4.74 Å². The molecule has 0 spiro atoms. The van der Waals surface area contributed by atoms with Crippen LogP contribution in [-0.4, -0.2) is 49.3 Å². The van der Waals surface area contributed by atoms with Crippen molar-refractivity contribution < 1.29 is 19.4 Å². The van der Waals surface area contributed by atoms with E-state index in [4.69, 9.17) is 9.47 Å². The van der Waals surface area contributed by atoms with Crippen LogP contribution in [-0.2, 0) is 4.74 Å². The van der Waals surface area contributed by atoms with Gasteiger partial charge in [-0.2, -0.15) is 0 Å². The maximum atomic E-state index is 12.7. The second kappa shape index (κ2) is 7.73. The number of rotatable bonds is 3. The Hall–Kier alpha value is -3.22. The number of carbonyl (C=O) groups is 1. The number of fused-ring (bicyclic) bond motifs is 3. The van der Waals surface area contributed by atoms with E-state index in [0.717, 1.165) is 48.1 Å². The lowest BCUT2D eigenvalue weighted by atomic mass is 10.00. The van der Waals surface area contributed by atoms with E-state index in [9.17, 15) is 9.90 Å². The molecule has 1 N–H and O–H groups in total. The highest BCUT2D eigenvalue weighted by molar-refractivity contribution is 5.71. The molecule has 2 aliphatic heterocycles. The van der Waals surface area contributed by atoms with Crippen LogP contribution >= 0.6 is 0 Å². The second-order valence-electron chi connectivity index (χ2n) is 9.81. The third-order valence-electron chi connectivity index (χ3n) is 6.27. The van der Waals surface area contributed by atoms with Gasteiger partial charge in [-0.3, -0.25) is 0 Å². The van der Waals surface area contributed by atoms with E-state index in [1.54, 1.807) is 24.7 Å². The van der Waals surface area contributed by atoms with Gasteiger partial charge in [0.1, 0.15) is 28.7 Å². The van der Waals surface area contributed by atoms with Gasteiger partial charge in [-0.05, 0) is 57.4 Å². The lowest BCUT2D eigenvalue weighted by Gasteiger charge is -2.39. The third kappa shape index (κ3) is 3.99. The molecular formula is C25H29N3O4. The standard InChI is InChI=1S/C25H29N3O4/c1-25(2,3)32-24(30)28-18-6-7-19(28)12-21(11-18)31-23-10-17(14-27-15-26-13-22(23)27)16-4-8-20(29)9-5-16/h4-5,8-10,13-15,18-19,21,29H,6-7,11-12H2,1-3H3/t18-,19+,21?. The van der Waals surface area contributed by atoms with Gasteiger partial charge >= 0.3 is 6.09 Å². The number of aromatic nitrogens is 2. The monoisotopic (exact) mass is 435 g/mol. The highest BCUT2D eigenvalue weighted by Crippen LogP contribution is 2.39. The molecule has 7 heteroatoms. The second-order valence-corrected chi connectivity index (χ2v) is 9.81. The molecule has 3 atom stereocenters. The Morgan fingerprint density at radius 1 is 1.09 bits per heavy atom. The fourth-order valence-corrected chi connectivity index (χ4v) is 4.92. The van der Waals surface area contributed by atoms with Gasteiger partial charge in [0.25, 0.3) is 0 Å². The summed E-state index contributed by atoms with van der Waals surface area (Å²) in [5.74, 6) is 1.02. The van der Waals surface area contributed by atoms with Gasteiger partial charge in [0.05, 0.1) is 12.5 Å². The molecule has 2 saturated heterocycles. The number of ether oxygens (including phenoxy) is 2. The van der Waals surface area contributed by atoms with Crippen molar-refractivity contribution in [2.24, 2.45) is 0 Å². The third-order valence-corrected chi connectivity index (χ3v) is 6.27. The van der Waals surface area contributed by atoms with Crippen molar-refractivity contribution in [1.82, 2.24) is 14.3 Å². The first-order chi connectivity index (χ1) is 15.3. The number of imidazole rings is 1. The van der Waals surface area contributed by atoms with Crippen LogP contribution in [0.4, 0.5) is 4.79 Å². The summed E-state index contributed by atoms with van der Waals surface area (Å²) in [4.78, 5) is 19.0. The molecule has 1 unspecified atom stereocenters. The van der Waals surface area contributed by atoms with Gasteiger partial charge in [0, 0.05) is 36.7 Å². The van der Waals surface area contributed by atoms with Gasteiger partial charge in [-0.25, -0.2) is 9.78 Å². The van der Waals surface area contributed by atoms with E-state index in [-0.39, 0.29) is 30.0 Å². The van der Waals surface area contributed by atoms with E-state index < -0.39 is 5.60 Å². The van der Waals surface area contributed by atoms with E-state index in [1.807, 2.05) is 54.5 Å². The number of benzene rings is 1. The van der Waals surface area contributed by atoms with Crippen molar-refractivity contribution in [2.75, 3.05) is 0 Å². The smallest absolute Gasteiger partial charge is 0.410 e. The number of amides is 1. The highest BCUT2D eigenvalue weighted by atomic mass is 16.6. The van der Waals surface area contributed by atoms with Crippen molar-refractivity contribution in [3.05, 3.63) is 49.1 Å². The maximum Gasteiger partial charge on any atom is 0.410 e. The Labute approximate surface area is 187 Å². The first-order valence-electron chi connectivity index (χ1n) is 11.2. The summed E-state index contributed by atoms with van der Waals surface area (Å²) in [6.07, 6.45) is 8.95. The summed E-state index contributed by atoms with van der Waals surface area (Å²) in [5, 5.41) is 9.61. The molecule has 3 aromatic rings. The van der Waals surface area contributed by atoms with Crippen LogP contribution in [0.25, 0.3) is 16.6 Å². The predicted octanol–water partition coefficient (Wildman–Crippen LogP) is 5.02. The zero-order chi connectivity index (χ0) is 22.5. The number of phenolic OH excluding ortho intramolecular Hbond substituents is 1. The number of hydrogen-bond donors (Lipinski definition) is 1. The summed E-state index contributed by atoms with van der Waals surface area (Å²) in [7, 11) is 0. The zero-order valence-corrected chi connectivity index (χ0v) is 18.7. The molecule has 4 heterocycles. The van der Waals surface area contributed by atoms with Crippen molar-refractivity contribution in [3.8, 4) is 22.6 Å². The number of phenols is 1. The number of nitrogens with zero attached hydrogens (tertiary/aromatic N) is 3. The first kappa shape index (κ1) is 20.7. The number of hydrogen-bond acceptors (Lipinski definition) is 5. The minimum atomic E-state index is -0.494. The molecule has 0 aliphatic carbocycles. The van der Waals surface area contributed by atoms with Gasteiger partial charge in [0.2, 0.25) is 0 Å². The Kier molecular flexibility index (Phi) is 4.99. The molecule has 2 aromatic heterocycles. The largest absolute Gasteiger partial charge is 0.508 e. The molecule has 0 saturated carbocycles. The maximum absolute atomic E-state index is 12.7. The van der Waals surface area contributed by atoms with E-state index in [0.29, 0.717) is 0 Å². The van der Waals surface area contributed by atoms with Gasteiger partial charge in [-0.1, -0.05) is 12.1 Å². The van der Waals surface area contributed by atoms with Crippen LogP contribution in [0.3, 0.4) is 0 Å². The molecule has 1 amide bonds. The molecular weight excluding hydrogens is 406 g/mol. The minimum Gasteiger partial charge on any atom is -0.508 e. The van der Waals surface area contributed by atoms with Gasteiger partial charge in [0.15, 0.2) is 0 Å². The predicted molar refractivity (Wildman–Crippen MR) is 121 cm³/mol. The normalized spacial score (nSPS) is 22.8. The molecule has 168 valence electrons. The molecule has 7 nitrogen and oxygen atoms in total. The lowest BCUT2D eigenvalue weighted by Crippen LogP contribution is -2.50. The van der Waals surface area contributed by atoms with Gasteiger partial charge in [-0.15, -0.1) is 0 Å². The van der Waals surface area contributed by atoms with E-state index in [2.05, 4.69) is 4.98 Å². The molecule has 0 radical (unpaired) electrons. The summed E-state index contributed by atoms with van der Waals surface area (Å²) in [6, 6.07) is 9.46. The Morgan fingerprint density at radius 3 is 2.44 bits per heavy atom. The van der Waals surface area contributed by atoms with Crippen LogP contribution in [0.5, 0.6) is 11.5 Å². The topological polar surface area (TPSA) is 76.3 Å². The fraction of sp³-hybridized carbons (Fsp3) is 0.440. The minimum absolute atomic E-state index is 0.0277. The quantitative estimate of drug-likeness (QED) is 0.625. The molecule has 5 rings (SSSR count). The van der Waals surface area contributed by atoms with Crippen molar-refractivity contribution in [2.45, 2.75) is 70.2 Å². The number of piperidine rings is 1. The number of pyridine rings is 1. The Morgan fingerprint density at radius 2 is 1.78 bits per heavy atom. The molecule has 2 bridgehead atoms. The van der Waals surface area contributed by atoms with Crippen LogP contribution in [0.2, 0.25) is 0 Å². The van der Waals surface area contributed by atoms with Crippen molar-refractivity contribution in [1.29, 1.82) is 0 Å². The summed E-state index contributed by atoms with van der Waals surface area (Å²) >= 11 is 0. The van der Waals surface area contributed by atoms with Gasteiger partial charge < -0.3 is 23.9 Å². The molecule has 1 aromatic carbocycles. The molecule has 2 aliphatic rings. The Bertz CT molecular complexity index is 1120. The van der Waals surface area contributed by atoms with Crippen LogP contribution in [0.15, 0.2) is 49.1 Å². The highest BCUT2D eigenvalue weighted by Gasteiger charge is 2.45. The SMILES string of the molecule is CC(C)(C)OC(=O)N1[C@@H]2CC[C@H]1CC(Oc1cc(-c3ccc(O)cc3)cn3cncc13)C2. The molecule has 32 heavy (non-hydrogen) atoms. The van der Waals surface area contributed by atoms with Crippen molar-refractivity contribution in [3.63, 3.8) is 0 Å². The number of aromatic hydroxyl groups is 1. The van der Waals surface area contributed by atoms with E-state index >= 15 is 0 Å². The average Bonchev–Trinajstić information content (AvgIpc) is 3.30. The lowest BCUT2D eigenvalue weighted by molar-refractivity contribution is -0.00693. The Balaban J connectivity index is 1.37. The molecule has 2 fully saturated rings. The van der Waals surface area contributed by atoms with E-state index in [1.165, 1.54) is 0 Å². The first-order valence-corrected chi connectivity index (χ1v) is 11.2. The van der Waals surface area contributed by atoms with Crippen LogP contribution in [0.1, 0.15) is 46.5 Å². The average molecular weight is 436 g/mol. The summed E-state index contributed by atoms with van der Waals surface area (Å²) in [6.45, 7) is 5.71. The fourth-order valence-electron chi connectivity index (χ4n) is 4.92. The van der Waals surface area contributed by atoms with Crippen molar-refractivity contribution >= 4 is 11.6 Å². The number of carbonyl (C=O) groups excluding carboxylic acids is 1. The summed E-state index contributed by atoms with van der Waals surface area (Å²) < 4.78 is 14.1. The van der Waals surface area contributed by atoms with Crippen LogP contribution in [0, 0.1) is 0 Å².